The molecule has 0 unspecified atom stereocenters. The lowest BCUT2D eigenvalue weighted by Gasteiger charge is -2.23. The first-order valence-electron chi connectivity index (χ1n) is 7.86. The topological polar surface area (TPSA) is 77.4 Å². The molecule has 1 aliphatic heterocycles. The highest BCUT2D eigenvalue weighted by Crippen LogP contribution is 2.23. The Kier molecular flexibility index (Phi) is 3.62. The molecule has 3 rings (SSSR count). The van der Waals surface area contributed by atoms with Crippen LogP contribution in [0.1, 0.15) is 27.7 Å². The first kappa shape index (κ1) is 15.5. The lowest BCUT2D eigenvalue weighted by atomic mass is 10.2. The van der Waals surface area contributed by atoms with Crippen LogP contribution in [0.5, 0.6) is 0 Å². The highest BCUT2D eigenvalue weighted by atomic mass is 16.2. The largest absolute Gasteiger partial charge is 0.332 e. The van der Waals surface area contributed by atoms with Crippen molar-refractivity contribution in [1.29, 1.82) is 0 Å². The van der Waals surface area contributed by atoms with Gasteiger partial charge in [-0.25, -0.2) is 9.80 Å². The van der Waals surface area contributed by atoms with Gasteiger partial charge in [0, 0.05) is 20.1 Å². The van der Waals surface area contributed by atoms with Crippen molar-refractivity contribution in [2.75, 3.05) is 11.6 Å². The lowest BCUT2D eigenvalue weighted by Crippen LogP contribution is -2.41. The number of fused-ring (bicyclic) bond motifs is 3. The molecular weight excluding hydrogens is 296 g/mol. The number of imidazole rings is 1. The zero-order chi connectivity index (χ0) is 16.9. The van der Waals surface area contributed by atoms with Crippen molar-refractivity contribution in [2.45, 2.75) is 40.8 Å². The molecule has 0 bridgehead atoms. The Morgan fingerprint density at radius 3 is 2.57 bits per heavy atom. The quantitative estimate of drug-likeness (QED) is 0.837. The summed E-state index contributed by atoms with van der Waals surface area (Å²) in [7, 11) is 1.66. The fourth-order valence-electron chi connectivity index (χ4n) is 2.96. The maximum atomic E-state index is 12.9. The minimum atomic E-state index is -0.327. The van der Waals surface area contributed by atoms with Gasteiger partial charge in [0.05, 0.1) is 12.3 Å². The summed E-state index contributed by atoms with van der Waals surface area (Å²) in [6.07, 6.45) is 0. The SMILES string of the molecule is CCN1N=C(C)Cn2c1nc1c2c(=O)n(CC(C)C)c(=O)n1C. The first-order chi connectivity index (χ1) is 10.8. The molecule has 0 atom stereocenters. The highest BCUT2D eigenvalue weighted by molar-refractivity contribution is 5.87. The van der Waals surface area contributed by atoms with Crippen LogP contribution in [0, 0.1) is 5.92 Å². The lowest BCUT2D eigenvalue weighted by molar-refractivity contribution is 0.484. The summed E-state index contributed by atoms with van der Waals surface area (Å²) >= 11 is 0. The molecule has 0 spiro atoms. The van der Waals surface area contributed by atoms with E-state index in [0.29, 0.717) is 36.7 Å². The Morgan fingerprint density at radius 1 is 1.26 bits per heavy atom. The minimum absolute atomic E-state index is 0.206. The Morgan fingerprint density at radius 2 is 1.96 bits per heavy atom. The van der Waals surface area contributed by atoms with Crippen LogP contribution >= 0.6 is 0 Å². The zero-order valence-electron chi connectivity index (χ0n) is 14.2. The first-order valence-corrected chi connectivity index (χ1v) is 7.86. The second-order valence-corrected chi connectivity index (χ2v) is 6.37. The minimum Gasteiger partial charge on any atom is -0.297 e. The molecule has 0 saturated heterocycles. The maximum Gasteiger partial charge on any atom is 0.332 e. The van der Waals surface area contributed by atoms with E-state index < -0.39 is 0 Å². The number of nitrogens with zero attached hydrogens (tertiary/aromatic N) is 6. The van der Waals surface area contributed by atoms with Gasteiger partial charge in [-0.2, -0.15) is 10.1 Å². The number of rotatable bonds is 3. The number of aryl methyl sites for hydroxylation is 1. The molecule has 8 heteroatoms. The standard InChI is InChI=1S/C15H22N6O2/c1-6-21-14-16-12-11(19(14)8-10(4)17-21)13(22)20(7-9(2)3)15(23)18(12)5/h9H,6-8H2,1-5H3. The van der Waals surface area contributed by atoms with Crippen LogP contribution in [0.4, 0.5) is 5.95 Å². The summed E-state index contributed by atoms with van der Waals surface area (Å²) < 4.78 is 4.62. The molecular formula is C15H22N6O2. The highest BCUT2D eigenvalue weighted by Gasteiger charge is 2.25. The van der Waals surface area contributed by atoms with Gasteiger partial charge in [-0.05, 0) is 19.8 Å². The Hall–Kier alpha value is -2.38. The molecule has 0 saturated carbocycles. The van der Waals surface area contributed by atoms with E-state index in [-0.39, 0.29) is 17.2 Å². The monoisotopic (exact) mass is 318 g/mol. The van der Waals surface area contributed by atoms with Gasteiger partial charge in [0.25, 0.3) is 5.56 Å². The van der Waals surface area contributed by atoms with Gasteiger partial charge in [-0.1, -0.05) is 13.8 Å². The van der Waals surface area contributed by atoms with Crippen molar-refractivity contribution in [3.63, 3.8) is 0 Å². The molecule has 2 aromatic heterocycles. The summed E-state index contributed by atoms with van der Waals surface area (Å²) in [4.78, 5) is 29.9. The molecule has 0 amide bonds. The molecule has 0 N–H and O–H groups in total. The van der Waals surface area contributed by atoms with Crippen LogP contribution in [0.3, 0.4) is 0 Å². The van der Waals surface area contributed by atoms with Crippen molar-refractivity contribution in [3.8, 4) is 0 Å². The summed E-state index contributed by atoms with van der Waals surface area (Å²) in [6.45, 7) is 9.42. The van der Waals surface area contributed by atoms with Gasteiger partial charge in [-0.15, -0.1) is 0 Å². The van der Waals surface area contributed by atoms with Gasteiger partial charge >= 0.3 is 5.69 Å². The summed E-state index contributed by atoms with van der Waals surface area (Å²) in [6, 6.07) is 0. The van der Waals surface area contributed by atoms with E-state index in [1.54, 1.807) is 12.1 Å². The van der Waals surface area contributed by atoms with Gasteiger partial charge in [0.1, 0.15) is 0 Å². The number of hydrazone groups is 1. The second-order valence-electron chi connectivity index (χ2n) is 6.37. The molecule has 124 valence electrons. The Balaban J connectivity index is 2.38. The van der Waals surface area contributed by atoms with Crippen LogP contribution in [-0.2, 0) is 20.1 Å². The molecule has 0 aromatic carbocycles. The van der Waals surface area contributed by atoms with E-state index in [9.17, 15) is 9.59 Å². The maximum absolute atomic E-state index is 12.9. The predicted octanol–water partition coefficient (Wildman–Crippen LogP) is 0.768. The van der Waals surface area contributed by atoms with E-state index in [4.69, 9.17) is 0 Å². The third kappa shape index (κ3) is 2.29. The normalized spacial score (nSPS) is 14.5. The van der Waals surface area contributed by atoms with Crippen molar-refractivity contribution in [1.82, 2.24) is 18.7 Å². The van der Waals surface area contributed by atoms with E-state index in [1.807, 2.05) is 32.3 Å². The van der Waals surface area contributed by atoms with Gasteiger partial charge in [0.15, 0.2) is 11.2 Å². The summed E-state index contributed by atoms with van der Waals surface area (Å²) in [5.74, 6) is 0.819. The van der Waals surface area contributed by atoms with Gasteiger partial charge < -0.3 is 0 Å². The summed E-state index contributed by atoms with van der Waals surface area (Å²) in [5.41, 5.74) is 1.18. The molecule has 1 aliphatic rings. The fourth-order valence-corrected chi connectivity index (χ4v) is 2.96. The third-order valence-electron chi connectivity index (χ3n) is 3.97. The second kappa shape index (κ2) is 5.36. The Labute approximate surface area is 133 Å². The molecule has 23 heavy (non-hydrogen) atoms. The van der Waals surface area contributed by atoms with Crippen LogP contribution < -0.4 is 16.3 Å². The van der Waals surface area contributed by atoms with Gasteiger partial charge in [0.2, 0.25) is 5.95 Å². The van der Waals surface area contributed by atoms with E-state index in [0.717, 1.165) is 5.71 Å². The van der Waals surface area contributed by atoms with E-state index in [2.05, 4.69) is 10.1 Å². The molecule has 0 fully saturated rings. The van der Waals surface area contributed by atoms with Crippen molar-refractivity contribution in [2.24, 2.45) is 18.1 Å². The van der Waals surface area contributed by atoms with Gasteiger partial charge in [-0.3, -0.25) is 18.5 Å². The van der Waals surface area contributed by atoms with Crippen LogP contribution in [0.15, 0.2) is 14.7 Å². The fraction of sp³-hybridized carbons (Fsp3) is 0.600. The average molecular weight is 318 g/mol. The molecule has 2 aromatic rings. The van der Waals surface area contributed by atoms with E-state index >= 15 is 0 Å². The molecule has 0 aliphatic carbocycles. The van der Waals surface area contributed by atoms with Crippen molar-refractivity contribution in [3.05, 3.63) is 20.8 Å². The Bertz CT molecular complexity index is 915. The molecule has 8 nitrogen and oxygen atoms in total. The number of anilines is 1. The number of aromatic nitrogens is 4. The smallest absolute Gasteiger partial charge is 0.297 e. The van der Waals surface area contributed by atoms with E-state index in [1.165, 1.54) is 9.13 Å². The number of hydrogen-bond acceptors (Lipinski definition) is 5. The zero-order valence-corrected chi connectivity index (χ0v) is 14.2. The average Bonchev–Trinajstić information content (AvgIpc) is 2.87. The van der Waals surface area contributed by atoms with Crippen molar-refractivity contribution >= 4 is 22.8 Å². The molecule has 3 heterocycles. The third-order valence-corrected chi connectivity index (χ3v) is 3.97. The van der Waals surface area contributed by atoms with Crippen LogP contribution in [0.25, 0.3) is 11.2 Å². The summed E-state index contributed by atoms with van der Waals surface area (Å²) in [5, 5.41) is 6.22. The van der Waals surface area contributed by atoms with Crippen molar-refractivity contribution < 1.29 is 0 Å². The van der Waals surface area contributed by atoms with Crippen LogP contribution in [0.2, 0.25) is 0 Å². The van der Waals surface area contributed by atoms with Crippen LogP contribution in [-0.4, -0.2) is 30.9 Å². The number of hydrogen-bond donors (Lipinski definition) is 0. The predicted molar refractivity (Wildman–Crippen MR) is 90.2 cm³/mol. The molecule has 0 radical (unpaired) electrons.